The Morgan fingerprint density at radius 3 is 2.48 bits per heavy atom. The molecule has 0 N–H and O–H groups in total. The summed E-state index contributed by atoms with van der Waals surface area (Å²) in [5.41, 5.74) is -0.548. The minimum absolute atomic E-state index is 0.0787. The molecule has 1 aliphatic heterocycles. The molecule has 1 amide bonds. The molecule has 0 bridgehead atoms. The lowest BCUT2D eigenvalue weighted by molar-refractivity contribution is -0.157. The number of likely N-dealkylation sites (N-methyl/N-ethyl adjacent to an activating group) is 1. The number of likely N-dealkylation sites (tertiary alicyclic amines) is 1. The number of hydrogen-bond donors (Lipinski definition) is 0. The summed E-state index contributed by atoms with van der Waals surface area (Å²) in [6, 6.07) is -0.0787. The molecule has 0 radical (unpaired) electrons. The Labute approximate surface area is 128 Å². The first-order chi connectivity index (χ1) is 9.75. The molecule has 0 saturated carbocycles. The Balaban J connectivity index is 2.81. The Bertz CT molecular complexity index is 380. The summed E-state index contributed by atoms with van der Waals surface area (Å²) in [6.45, 7) is 7.30. The summed E-state index contributed by atoms with van der Waals surface area (Å²) in [6.07, 6.45) is 2.71. The number of nitrogens with zero attached hydrogens (tertiary/aromatic N) is 2. The van der Waals surface area contributed by atoms with E-state index in [1.165, 1.54) is 7.11 Å². The van der Waals surface area contributed by atoms with Gasteiger partial charge < -0.3 is 9.64 Å². The lowest BCUT2D eigenvalue weighted by Gasteiger charge is -2.41. The second-order valence-corrected chi connectivity index (χ2v) is 6.72. The second-order valence-electron chi connectivity index (χ2n) is 6.72. The van der Waals surface area contributed by atoms with Crippen LogP contribution in [0.25, 0.3) is 0 Å². The highest BCUT2D eigenvalue weighted by Gasteiger charge is 2.41. The molecule has 2 unspecified atom stereocenters. The van der Waals surface area contributed by atoms with Gasteiger partial charge in [0.25, 0.3) is 0 Å². The van der Waals surface area contributed by atoms with E-state index in [9.17, 15) is 9.59 Å². The van der Waals surface area contributed by atoms with Crippen molar-refractivity contribution in [3.8, 4) is 0 Å². The van der Waals surface area contributed by atoms with Gasteiger partial charge in [0.1, 0.15) is 0 Å². The summed E-state index contributed by atoms with van der Waals surface area (Å²) in [4.78, 5) is 28.5. The van der Waals surface area contributed by atoms with Crippen LogP contribution in [0.3, 0.4) is 0 Å². The smallest absolute Gasteiger partial charge is 0.311 e. The van der Waals surface area contributed by atoms with Gasteiger partial charge in [0.05, 0.1) is 18.6 Å². The molecule has 122 valence electrons. The van der Waals surface area contributed by atoms with E-state index in [2.05, 4.69) is 0 Å². The summed E-state index contributed by atoms with van der Waals surface area (Å²) in [5, 5.41) is 0. The average Bonchev–Trinajstić information content (AvgIpc) is 2.46. The maximum Gasteiger partial charge on any atom is 0.311 e. The first-order valence-corrected chi connectivity index (χ1v) is 7.79. The lowest BCUT2D eigenvalue weighted by Crippen LogP contribution is -2.52. The summed E-state index contributed by atoms with van der Waals surface area (Å²) >= 11 is 0. The predicted octanol–water partition coefficient (Wildman–Crippen LogP) is 1.76. The topological polar surface area (TPSA) is 49.9 Å². The van der Waals surface area contributed by atoms with Crippen LogP contribution >= 0.6 is 0 Å². The average molecular weight is 298 g/mol. The van der Waals surface area contributed by atoms with Crippen molar-refractivity contribution in [3.05, 3.63) is 0 Å². The molecular weight excluding hydrogens is 268 g/mol. The number of amides is 1. The van der Waals surface area contributed by atoms with Crippen LogP contribution in [0, 0.1) is 11.3 Å². The van der Waals surface area contributed by atoms with Crippen molar-refractivity contribution in [1.29, 1.82) is 0 Å². The first-order valence-electron chi connectivity index (χ1n) is 7.79. The van der Waals surface area contributed by atoms with Crippen molar-refractivity contribution in [3.63, 3.8) is 0 Å². The van der Waals surface area contributed by atoms with Gasteiger partial charge in [0.2, 0.25) is 5.91 Å². The number of methoxy groups -OCH3 is 1. The quantitative estimate of drug-likeness (QED) is 0.726. The summed E-state index contributed by atoms with van der Waals surface area (Å²) < 4.78 is 4.92. The fraction of sp³-hybridized carbons (Fsp3) is 0.875. The SMILES string of the molecule is CCC(C(=O)N1CCCC(C(C)(C)C(=O)OC)C1)N(C)C. The molecule has 1 fully saturated rings. The number of carbonyl (C=O) groups excluding carboxylic acids is 2. The van der Waals surface area contributed by atoms with Crippen molar-refractivity contribution in [2.24, 2.45) is 11.3 Å². The number of hydrogen-bond acceptors (Lipinski definition) is 4. The molecule has 1 aliphatic rings. The van der Waals surface area contributed by atoms with E-state index in [0.717, 1.165) is 25.8 Å². The number of rotatable bonds is 5. The van der Waals surface area contributed by atoms with Gasteiger partial charge in [0, 0.05) is 13.1 Å². The minimum atomic E-state index is -0.548. The minimum Gasteiger partial charge on any atom is -0.469 e. The van der Waals surface area contributed by atoms with Crippen LogP contribution < -0.4 is 0 Å². The highest BCUT2D eigenvalue weighted by molar-refractivity contribution is 5.82. The van der Waals surface area contributed by atoms with E-state index in [4.69, 9.17) is 4.74 Å². The molecule has 0 aromatic rings. The largest absolute Gasteiger partial charge is 0.469 e. The van der Waals surface area contributed by atoms with E-state index in [-0.39, 0.29) is 23.8 Å². The van der Waals surface area contributed by atoms with Gasteiger partial charge in [-0.05, 0) is 53.1 Å². The van der Waals surface area contributed by atoms with Gasteiger partial charge in [-0.3, -0.25) is 14.5 Å². The van der Waals surface area contributed by atoms with E-state index in [1.807, 2.05) is 44.7 Å². The third-order valence-electron chi connectivity index (χ3n) is 4.76. The Morgan fingerprint density at radius 1 is 1.38 bits per heavy atom. The molecular formula is C16H30N2O3. The molecule has 1 saturated heterocycles. The second kappa shape index (κ2) is 7.25. The van der Waals surface area contributed by atoms with Gasteiger partial charge >= 0.3 is 5.97 Å². The molecule has 0 aromatic heterocycles. The van der Waals surface area contributed by atoms with Crippen molar-refractivity contribution < 1.29 is 14.3 Å². The fourth-order valence-corrected chi connectivity index (χ4v) is 3.17. The zero-order valence-electron chi connectivity index (χ0n) is 14.3. The standard InChI is InChI=1S/C16H30N2O3/c1-7-13(17(4)5)14(19)18-10-8-9-12(11-18)16(2,3)15(20)21-6/h12-13H,7-11H2,1-6H3. The van der Waals surface area contributed by atoms with Crippen molar-refractivity contribution in [2.45, 2.75) is 46.1 Å². The number of piperidine rings is 1. The zero-order valence-corrected chi connectivity index (χ0v) is 14.3. The molecule has 5 heteroatoms. The maximum absolute atomic E-state index is 12.7. The van der Waals surface area contributed by atoms with Crippen LogP contribution in [0.2, 0.25) is 0 Å². The van der Waals surface area contributed by atoms with Crippen LogP contribution in [0.5, 0.6) is 0 Å². The molecule has 21 heavy (non-hydrogen) atoms. The highest BCUT2D eigenvalue weighted by Crippen LogP contribution is 2.35. The van der Waals surface area contributed by atoms with E-state index < -0.39 is 5.41 Å². The molecule has 2 atom stereocenters. The summed E-state index contributed by atoms with van der Waals surface area (Å²) in [5.74, 6) is 0.136. The highest BCUT2D eigenvalue weighted by atomic mass is 16.5. The third kappa shape index (κ3) is 3.96. The van der Waals surface area contributed by atoms with Crippen LogP contribution in [0.15, 0.2) is 0 Å². The molecule has 0 spiro atoms. The van der Waals surface area contributed by atoms with Crippen molar-refractivity contribution in [2.75, 3.05) is 34.3 Å². The van der Waals surface area contributed by atoms with Crippen LogP contribution in [-0.4, -0.2) is 62.0 Å². The van der Waals surface area contributed by atoms with Gasteiger partial charge in [-0.2, -0.15) is 0 Å². The van der Waals surface area contributed by atoms with Crippen molar-refractivity contribution in [1.82, 2.24) is 9.80 Å². The molecule has 5 nitrogen and oxygen atoms in total. The Kier molecular flexibility index (Phi) is 6.20. The van der Waals surface area contributed by atoms with Gasteiger partial charge in [-0.1, -0.05) is 6.92 Å². The Hall–Kier alpha value is -1.10. The normalized spacial score (nSPS) is 21.3. The monoisotopic (exact) mass is 298 g/mol. The molecule has 0 aliphatic carbocycles. The predicted molar refractivity (Wildman–Crippen MR) is 82.9 cm³/mol. The number of carbonyl (C=O) groups is 2. The lowest BCUT2D eigenvalue weighted by atomic mass is 9.74. The Morgan fingerprint density at radius 2 is 2.00 bits per heavy atom. The molecule has 0 aromatic carbocycles. The fourth-order valence-electron chi connectivity index (χ4n) is 3.17. The zero-order chi connectivity index (χ0) is 16.2. The van der Waals surface area contributed by atoms with E-state index in [1.54, 1.807) is 0 Å². The first kappa shape index (κ1) is 18.0. The molecule has 1 rings (SSSR count). The van der Waals surface area contributed by atoms with E-state index in [0.29, 0.717) is 6.54 Å². The molecule has 1 heterocycles. The third-order valence-corrected chi connectivity index (χ3v) is 4.76. The van der Waals surface area contributed by atoms with Gasteiger partial charge in [-0.25, -0.2) is 0 Å². The van der Waals surface area contributed by atoms with Crippen molar-refractivity contribution >= 4 is 11.9 Å². The summed E-state index contributed by atoms with van der Waals surface area (Å²) in [7, 11) is 5.30. The number of esters is 1. The van der Waals surface area contributed by atoms with Gasteiger partial charge in [-0.15, -0.1) is 0 Å². The van der Waals surface area contributed by atoms with Gasteiger partial charge in [0.15, 0.2) is 0 Å². The maximum atomic E-state index is 12.7. The van der Waals surface area contributed by atoms with Crippen LogP contribution in [0.4, 0.5) is 0 Å². The number of ether oxygens (including phenoxy) is 1. The van der Waals surface area contributed by atoms with E-state index >= 15 is 0 Å². The van der Waals surface area contributed by atoms with Crippen LogP contribution in [0.1, 0.15) is 40.0 Å². The van der Waals surface area contributed by atoms with Crippen LogP contribution in [-0.2, 0) is 14.3 Å².